The van der Waals surface area contributed by atoms with Crippen molar-refractivity contribution in [2.24, 2.45) is 5.92 Å². The first-order chi connectivity index (χ1) is 15.2. The summed E-state index contributed by atoms with van der Waals surface area (Å²) in [5.41, 5.74) is 1.89. The molecular formula is C24H27N3O4. The van der Waals surface area contributed by atoms with Gasteiger partial charge in [0.1, 0.15) is 0 Å². The van der Waals surface area contributed by atoms with Crippen LogP contribution in [0.3, 0.4) is 0 Å². The Balaban J connectivity index is 1.05. The highest BCUT2D eigenvalue weighted by Crippen LogP contribution is 2.33. The summed E-state index contributed by atoms with van der Waals surface area (Å²) in [5.74, 6) is 1.12. The van der Waals surface area contributed by atoms with E-state index in [4.69, 9.17) is 9.47 Å². The van der Waals surface area contributed by atoms with Gasteiger partial charge >= 0.3 is 0 Å². The molecule has 0 aliphatic carbocycles. The van der Waals surface area contributed by atoms with E-state index in [1.54, 1.807) is 23.1 Å². The van der Waals surface area contributed by atoms with E-state index in [9.17, 15) is 9.59 Å². The highest BCUT2D eigenvalue weighted by molar-refractivity contribution is 5.96. The topological polar surface area (TPSA) is 71.1 Å². The monoisotopic (exact) mass is 421 g/mol. The predicted molar refractivity (Wildman–Crippen MR) is 115 cm³/mol. The molecule has 2 fully saturated rings. The summed E-state index contributed by atoms with van der Waals surface area (Å²) >= 11 is 0. The molecule has 0 radical (unpaired) electrons. The third-order valence-electron chi connectivity index (χ3n) is 6.34. The van der Waals surface area contributed by atoms with E-state index in [2.05, 4.69) is 34.5 Å². The van der Waals surface area contributed by atoms with Gasteiger partial charge in [0.2, 0.25) is 12.7 Å². The van der Waals surface area contributed by atoms with Gasteiger partial charge in [-0.05, 0) is 36.6 Å². The maximum atomic E-state index is 12.7. The Hall–Kier alpha value is -3.06. The summed E-state index contributed by atoms with van der Waals surface area (Å²) in [4.78, 5) is 29.4. The fourth-order valence-electron chi connectivity index (χ4n) is 4.42. The second kappa shape index (κ2) is 8.59. The molecule has 0 aromatic heterocycles. The van der Waals surface area contributed by atoms with Crippen LogP contribution in [0, 0.1) is 5.92 Å². The number of likely N-dealkylation sites (tertiary alicyclic amines) is 2. The number of nitrogens with zero attached hydrogens (tertiary/aromatic N) is 2. The molecule has 3 heterocycles. The molecule has 2 aromatic carbocycles. The van der Waals surface area contributed by atoms with Crippen LogP contribution < -0.4 is 14.8 Å². The average molecular weight is 421 g/mol. The molecule has 2 saturated heterocycles. The molecule has 2 amide bonds. The number of carbonyl (C=O) groups excluding carboxylic acids is 2. The number of benzene rings is 2. The van der Waals surface area contributed by atoms with E-state index >= 15 is 0 Å². The number of fused-ring (bicyclic) bond motifs is 1. The van der Waals surface area contributed by atoms with Crippen molar-refractivity contribution < 1.29 is 19.1 Å². The molecule has 162 valence electrons. The minimum atomic E-state index is -0.125. The van der Waals surface area contributed by atoms with Crippen molar-refractivity contribution in [1.29, 1.82) is 0 Å². The minimum absolute atomic E-state index is 0.0660. The molecule has 0 saturated carbocycles. The molecule has 0 unspecified atom stereocenters. The number of carbonyl (C=O) groups is 2. The Morgan fingerprint density at radius 1 is 0.968 bits per heavy atom. The van der Waals surface area contributed by atoms with Crippen LogP contribution >= 0.6 is 0 Å². The zero-order valence-corrected chi connectivity index (χ0v) is 17.5. The van der Waals surface area contributed by atoms with E-state index in [1.807, 2.05) is 6.07 Å². The van der Waals surface area contributed by atoms with Crippen molar-refractivity contribution >= 4 is 11.8 Å². The first-order valence-corrected chi connectivity index (χ1v) is 10.9. The van der Waals surface area contributed by atoms with Crippen LogP contribution in [-0.2, 0) is 11.3 Å². The molecule has 7 nitrogen and oxygen atoms in total. The summed E-state index contributed by atoms with van der Waals surface area (Å²) in [6.45, 7) is 4.04. The normalized spacial score (nSPS) is 19.2. The zero-order valence-electron chi connectivity index (χ0n) is 17.5. The van der Waals surface area contributed by atoms with Crippen molar-refractivity contribution in [2.45, 2.75) is 25.4 Å². The standard InChI is InChI=1S/C24H27N3O4/c28-23(25-20-8-10-26(11-9-20)13-17-4-2-1-3-5-17)19-14-27(15-19)24(29)18-6-7-21-22(12-18)31-16-30-21/h1-7,12,19-20H,8-11,13-16H2,(H,25,28). The van der Waals surface area contributed by atoms with Crippen molar-refractivity contribution in [2.75, 3.05) is 33.0 Å². The van der Waals surface area contributed by atoms with Crippen LogP contribution in [0.25, 0.3) is 0 Å². The Morgan fingerprint density at radius 3 is 2.48 bits per heavy atom. The molecule has 0 bridgehead atoms. The van der Waals surface area contributed by atoms with Crippen molar-refractivity contribution in [3.8, 4) is 11.5 Å². The smallest absolute Gasteiger partial charge is 0.254 e. The Morgan fingerprint density at radius 2 is 1.71 bits per heavy atom. The summed E-state index contributed by atoms with van der Waals surface area (Å²) in [6.07, 6.45) is 1.93. The Bertz CT molecular complexity index is 951. The fourth-order valence-corrected chi connectivity index (χ4v) is 4.42. The van der Waals surface area contributed by atoms with Crippen LogP contribution in [0.2, 0.25) is 0 Å². The fraction of sp³-hybridized carbons (Fsp3) is 0.417. The number of amides is 2. The van der Waals surface area contributed by atoms with E-state index in [1.165, 1.54) is 5.56 Å². The van der Waals surface area contributed by atoms with E-state index in [-0.39, 0.29) is 30.6 Å². The van der Waals surface area contributed by atoms with Gasteiger partial charge in [-0.1, -0.05) is 30.3 Å². The molecule has 31 heavy (non-hydrogen) atoms. The van der Waals surface area contributed by atoms with Crippen LogP contribution in [-0.4, -0.2) is 60.6 Å². The van der Waals surface area contributed by atoms with Gasteiger partial charge in [-0.25, -0.2) is 0 Å². The summed E-state index contributed by atoms with van der Waals surface area (Å²) < 4.78 is 10.6. The van der Waals surface area contributed by atoms with Gasteiger partial charge in [0.05, 0.1) is 5.92 Å². The van der Waals surface area contributed by atoms with Gasteiger partial charge in [-0.2, -0.15) is 0 Å². The van der Waals surface area contributed by atoms with Crippen molar-refractivity contribution in [1.82, 2.24) is 15.1 Å². The maximum Gasteiger partial charge on any atom is 0.254 e. The largest absolute Gasteiger partial charge is 0.454 e. The lowest BCUT2D eigenvalue weighted by molar-refractivity contribution is -0.130. The highest BCUT2D eigenvalue weighted by Gasteiger charge is 2.37. The molecule has 0 spiro atoms. The lowest BCUT2D eigenvalue weighted by Crippen LogP contribution is -2.57. The number of nitrogens with one attached hydrogen (secondary N) is 1. The molecule has 7 heteroatoms. The number of ether oxygens (including phenoxy) is 2. The Kier molecular flexibility index (Phi) is 5.51. The van der Waals surface area contributed by atoms with Crippen LogP contribution in [0.5, 0.6) is 11.5 Å². The average Bonchev–Trinajstić information content (AvgIpc) is 3.23. The molecular weight excluding hydrogens is 394 g/mol. The number of rotatable bonds is 5. The van der Waals surface area contributed by atoms with Gasteiger partial charge < -0.3 is 19.7 Å². The lowest BCUT2D eigenvalue weighted by atomic mass is 9.96. The molecule has 5 rings (SSSR count). The van der Waals surface area contributed by atoms with E-state index in [0.29, 0.717) is 30.2 Å². The molecule has 3 aliphatic rings. The predicted octanol–water partition coefficient (Wildman–Crippen LogP) is 2.27. The van der Waals surface area contributed by atoms with E-state index in [0.717, 1.165) is 32.5 Å². The summed E-state index contributed by atoms with van der Waals surface area (Å²) in [5, 5.41) is 3.20. The maximum absolute atomic E-state index is 12.7. The van der Waals surface area contributed by atoms with Crippen LogP contribution in [0.4, 0.5) is 0 Å². The second-order valence-corrected chi connectivity index (χ2v) is 8.52. The molecule has 2 aromatic rings. The van der Waals surface area contributed by atoms with E-state index < -0.39 is 0 Å². The van der Waals surface area contributed by atoms with Gasteiger partial charge in [0.25, 0.3) is 5.91 Å². The van der Waals surface area contributed by atoms with Crippen LogP contribution in [0.15, 0.2) is 48.5 Å². The minimum Gasteiger partial charge on any atom is -0.454 e. The quantitative estimate of drug-likeness (QED) is 0.802. The van der Waals surface area contributed by atoms with Gasteiger partial charge in [-0.3, -0.25) is 14.5 Å². The van der Waals surface area contributed by atoms with Crippen molar-refractivity contribution in [3.05, 3.63) is 59.7 Å². The third-order valence-corrected chi connectivity index (χ3v) is 6.34. The zero-order chi connectivity index (χ0) is 21.2. The lowest BCUT2D eigenvalue weighted by Gasteiger charge is -2.40. The van der Waals surface area contributed by atoms with Crippen LogP contribution in [0.1, 0.15) is 28.8 Å². The summed E-state index contributed by atoms with van der Waals surface area (Å²) in [6, 6.07) is 15.9. The number of hydrogen-bond acceptors (Lipinski definition) is 5. The first kappa shape index (κ1) is 19.9. The van der Waals surface area contributed by atoms with Gasteiger partial charge in [0, 0.05) is 44.3 Å². The number of piperidine rings is 1. The molecule has 3 aliphatic heterocycles. The third kappa shape index (κ3) is 4.37. The summed E-state index contributed by atoms with van der Waals surface area (Å²) in [7, 11) is 0. The second-order valence-electron chi connectivity index (χ2n) is 8.52. The van der Waals surface area contributed by atoms with Gasteiger partial charge in [-0.15, -0.1) is 0 Å². The highest BCUT2D eigenvalue weighted by atomic mass is 16.7. The van der Waals surface area contributed by atoms with Gasteiger partial charge in [0.15, 0.2) is 11.5 Å². The Labute approximate surface area is 181 Å². The number of hydrogen-bond donors (Lipinski definition) is 1. The molecule has 1 N–H and O–H groups in total. The first-order valence-electron chi connectivity index (χ1n) is 10.9. The molecule has 0 atom stereocenters. The van der Waals surface area contributed by atoms with Crippen molar-refractivity contribution in [3.63, 3.8) is 0 Å². The SMILES string of the molecule is O=C(NC1CCN(Cc2ccccc2)CC1)C1CN(C(=O)c2ccc3c(c2)OCO3)C1.